The summed E-state index contributed by atoms with van der Waals surface area (Å²) in [6, 6.07) is 10.1. The fraction of sp³-hybridized carbons (Fsp3) is 0.600. The van der Waals surface area contributed by atoms with Crippen LogP contribution in [0.5, 0.6) is 0 Å². The molecule has 8 heteroatoms. The highest BCUT2D eigenvalue weighted by molar-refractivity contribution is 5.62. The van der Waals surface area contributed by atoms with Crippen molar-refractivity contribution in [2.45, 2.75) is 77.8 Å². The average molecular weight is 599 g/mol. The second-order valence-electron chi connectivity index (χ2n) is 12.3. The molecule has 1 aliphatic carbocycles. The first kappa shape index (κ1) is 34.4. The van der Waals surface area contributed by atoms with Crippen molar-refractivity contribution in [1.82, 2.24) is 0 Å². The largest absolute Gasteiger partial charge is 0.513 e. The first-order chi connectivity index (χ1) is 20.6. The number of allylic oxidation sites excluding steroid dienone is 2. The number of rotatable bonds is 13. The van der Waals surface area contributed by atoms with Crippen LogP contribution in [0.3, 0.4) is 0 Å². The molecule has 1 aromatic carbocycles. The molecule has 1 aliphatic heterocycles. The summed E-state index contributed by atoms with van der Waals surface area (Å²) in [6.07, 6.45) is 5.61. The molecule has 1 heterocycles. The van der Waals surface area contributed by atoms with Crippen molar-refractivity contribution in [3.05, 3.63) is 73.0 Å². The Morgan fingerprint density at radius 2 is 1.79 bits per heavy atom. The van der Waals surface area contributed by atoms with E-state index in [4.69, 9.17) is 28.4 Å². The number of ether oxygens (including phenoxy) is 6. The molecule has 0 bridgehead atoms. The van der Waals surface area contributed by atoms with Gasteiger partial charge in [-0.05, 0) is 61.0 Å². The normalized spacial score (nSPS) is 30.2. The molecule has 43 heavy (non-hydrogen) atoms. The van der Waals surface area contributed by atoms with Crippen LogP contribution in [0.15, 0.2) is 67.5 Å². The van der Waals surface area contributed by atoms with E-state index in [2.05, 4.69) is 46.1 Å². The summed E-state index contributed by atoms with van der Waals surface area (Å²) in [5, 5.41) is 0. The van der Waals surface area contributed by atoms with Gasteiger partial charge in [-0.15, -0.1) is 13.2 Å². The van der Waals surface area contributed by atoms with E-state index >= 15 is 0 Å². The van der Waals surface area contributed by atoms with Crippen molar-refractivity contribution in [3.63, 3.8) is 0 Å². The van der Waals surface area contributed by atoms with Crippen LogP contribution < -0.4 is 0 Å². The van der Waals surface area contributed by atoms with Gasteiger partial charge >= 0.3 is 12.3 Å². The third-order valence-corrected chi connectivity index (χ3v) is 9.18. The van der Waals surface area contributed by atoms with Gasteiger partial charge in [0, 0.05) is 11.8 Å². The summed E-state index contributed by atoms with van der Waals surface area (Å²) in [5.41, 5.74) is 0.0275. The van der Waals surface area contributed by atoms with Crippen LogP contribution in [0, 0.1) is 35.5 Å². The molecule has 2 aliphatic rings. The molecule has 0 spiro atoms. The lowest BCUT2D eigenvalue weighted by molar-refractivity contribution is -0.202. The van der Waals surface area contributed by atoms with Crippen LogP contribution in [0.2, 0.25) is 0 Å². The van der Waals surface area contributed by atoms with Crippen LogP contribution >= 0.6 is 0 Å². The maximum absolute atomic E-state index is 12.9. The second-order valence-corrected chi connectivity index (χ2v) is 12.3. The topological polar surface area (TPSA) is 89.5 Å². The number of hydrogen-bond donors (Lipinski definition) is 0. The SMILES string of the molecule is C=CC[C@H]1C[C@H](COCc2ccccc2)[C@@H](C)C[C@@]1(OC(=O)OC)[C@H]1C=C(OC(=O)OC)[C@@H](C)[C@@H]([C@H](C)C[C@H](C)C=C)O1. The quantitative estimate of drug-likeness (QED) is 0.167. The van der Waals surface area contributed by atoms with Gasteiger partial charge in [0.1, 0.15) is 17.5 Å². The standard InChI is InChI=1S/C35H50O8/c1-9-14-29-18-28(22-40-21-27-15-12-11-13-16-27)25(5)20-35(29,43-34(37)39-8)31-19-30(41-33(36)38-7)26(6)32(42-31)24(4)17-23(3)10-2/h9-13,15-16,19,23-26,28-29,31-32H,1-2,14,17-18,20-22H2,3-8H3/t23-,24-,25+,26-,28-,29+,31-,32-,35+/m1/s1. The third kappa shape index (κ3) is 8.73. The van der Waals surface area contributed by atoms with Gasteiger partial charge in [0.2, 0.25) is 0 Å². The molecular weight excluding hydrogens is 548 g/mol. The average Bonchev–Trinajstić information content (AvgIpc) is 3.00. The van der Waals surface area contributed by atoms with E-state index in [1.165, 1.54) is 14.2 Å². The zero-order valence-corrected chi connectivity index (χ0v) is 26.7. The highest BCUT2D eigenvalue weighted by Crippen LogP contribution is 2.50. The highest BCUT2D eigenvalue weighted by atomic mass is 16.7. The fourth-order valence-electron chi connectivity index (χ4n) is 6.75. The van der Waals surface area contributed by atoms with Crippen molar-refractivity contribution in [1.29, 1.82) is 0 Å². The van der Waals surface area contributed by atoms with Crippen molar-refractivity contribution in [2.75, 3.05) is 20.8 Å². The molecule has 1 aromatic rings. The van der Waals surface area contributed by atoms with Gasteiger partial charge < -0.3 is 28.4 Å². The van der Waals surface area contributed by atoms with Gasteiger partial charge in [0.05, 0.1) is 33.5 Å². The molecule has 9 atom stereocenters. The molecule has 0 aromatic heterocycles. The zero-order valence-electron chi connectivity index (χ0n) is 26.7. The monoisotopic (exact) mass is 598 g/mol. The van der Waals surface area contributed by atoms with E-state index in [1.807, 2.05) is 37.3 Å². The number of carbonyl (C=O) groups is 2. The minimum atomic E-state index is -1.09. The lowest BCUT2D eigenvalue weighted by Crippen LogP contribution is -2.60. The smallest absolute Gasteiger partial charge is 0.438 e. The van der Waals surface area contributed by atoms with Gasteiger partial charge in [0.25, 0.3) is 0 Å². The molecule has 0 amide bonds. The minimum Gasteiger partial charge on any atom is -0.438 e. The Kier molecular flexibility index (Phi) is 12.9. The number of carbonyl (C=O) groups excluding carboxylic acids is 2. The minimum absolute atomic E-state index is 0.0867. The summed E-state index contributed by atoms with van der Waals surface area (Å²) >= 11 is 0. The number of benzene rings is 1. The van der Waals surface area contributed by atoms with Crippen molar-refractivity contribution < 1.29 is 38.0 Å². The molecule has 8 nitrogen and oxygen atoms in total. The lowest BCUT2D eigenvalue weighted by atomic mass is 9.62. The van der Waals surface area contributed by atoms with Gasteiger partial charge in [0.15, 0.2) is 0 Å². The molecule has 0 radical (unpaired) electrons. The Hall–Kier alpha value is -3.10. The Labute approximate surface area is 257 Å². The van der Waals surface area contributed by atoms with Crippen LogP contribution in [-0.4, -0.2) is 50.9 Å². The first-order valence-electron chi connectivity index (χ1n) is 15.3. The summed E-state index contributed by atoms with van der Waals surface area (Å²) in [6.45, 7) is 17.4. The van der Waals surface area contributed by atoms with Gasteiger partial charge in [-0.2, -0.15) is 0 Å². The maximum Gasteiger partial charge on any atom is 0.513 e. The van der Waals surface area contributed by atoms with E-state index in [0.717, 1.165) is 18.4 Å². The van der Waals surface area contributed by atoms with Crippen LogP contribution in [0.4, 0.5) is 9.59 Å². The van der Waals surface area contributed by atoms with Gasteiger partial charge in [-0.1, -0.05) is 70.2 Å². The predicted octanol–water partition coefficient (Wildman–Crippen LogP) is 7.88. The number of methoxy groups -OCH3 is 2. The molecule has 0 saturated heterocycles. The van der Waals surface area contributed by atoms with Crippen molar-refractivity contribution in [2.24, 2.45) is 35.5 Å². The highest BCUT2D eigenvalue weighted by Gasteiger charge is 2.56. The molecule has 238 valence electrons. The molecule has 0 N–H and O–H groups in total. The summed E-state index contributed by atoms with van der Waals surface area (Å²) in [4.78, 5) is 25.2. The van der Waals surface area contributed by atoms with Crippen molar-refractivity contribution >= 4 is 12.3 Å². The van der Waals surface area contributed by atoms with E-state index in [9.17, 15) is 9.59 Å². The summed E-state index contributed by atoms with van der Waals surface area (Å²) in [5.74, 6) is 0.752. The zero-order chi connectivity index (χ0) is 31.6. The third-order valence-electron chi connectivity index (χ3n) is 9.18. The number of hydrogen-bond acceptors (Lipinski definition) is 8. The molecule has 0 unspecified atom stereocenters. The Bertz CT molecular complexity index is 1100. The molecule has 1 saturated carbocycles. The Morgan fingerprint density at radius 3 is 2.42 bits per heavy atom. The summed E-state index contributed by atoms with van der Waals surface area (Å²) < 4.78 is 34.9. The van der Waals surface area contributed by atoms with Crippen molar-refractivity contribution in [3.8, 4) is 0 Å². The van der Waals surface area contributed by atoms with E-state index in [1.54, 1.807) is 6.08 Å². The predicted molar refractivity (Wildman–Crippen MR) is 165 cm³/mol. The molecular formula is C35H50O8. The first-order valence-corrected chi connectivity index (χ1v) is 15.3. The second kappa shape index (κ2) is 16.1. The van der Waals surface area contributed by atoms with E-state index in [-0.39, 0.29) is 41.6 Å². The van der Waals surface area contributed by atoms with E-state index in [0.29, 0.717) is 31.8 Å². The molecule has 1 fully saturated rings. The Balaban J connectivity index is 1.98. The van der Waals surface area contributed by atoms with E-state index < -0.39 is 24.0 Å². The van der Waals surface area contributed by atoms with Crippen LogP contribution in [-0.2, 0) is 35.0 Å². The maximum atomic E-state index is 12.9. The van der Waals surface area contributed by atoms with Crippen LogP contribution in [0.1, 0.15) is 58.9 Å². The summed E-state index contributed by atoms with van der Waals surface area (Å²) in [7, 11) is 2.58. The molecule has 3 rings (SSSR count). The van der Waals surface area contributed by atoms with Gasteiger partial charge in [-0.25, -0.2) is 9.59 Å². The van der Waals surface area contributed by atoms with Gasteiger partial charge in [-0.3, -0.25) is 0 Å². The lowest BCUT2D eigenvalue weighted by Gasteiger charge is -2.53. The van der Waals surface area contributed by atoms with Crippen LogP contribution in [0.25, 0.3) is 0 Å². The fourth-order valence-corrected chi connectivity index (χ4v) is 6.75. The Morgan fingerprint density at radius 1 is 1.09 bits per heavy atom.